The number of halogens is 3. The van der Waals surface area contributed by atoms with Gasteiger partial charge in [0, 0.05) is 34.3 Å². The van der Waals surface area contributed by atoms with Crippen LogP contribution in [0.15, 0.2) is 48.6 Å². The molecule has 2 fully saturated rings. The number of carbonyl (C=O) groups is 2. The predicted molar refractivity (Wildman–Crippen MR) is 193 cm³/mol. The molecule has 0 aromatic heterocycles. The van der Waals surface area contributed by atoms with Crippen LogP contribution in [0.3, 0.4) is 0 Å². The average molecular weight is 730 g/mol. The Kier molecular flexibility index (Phi) is 9.03. The van der Waals surface area contributed by atoms with Crippen LogP contribution in [0.1, 0.15) is 73.9 Å². The van der Waals surface area contributed by atoms with Crippen LogP contribution >= 0.6 is 11.6 Å². The molecule has 1 saturated heterocycles. The fraction of sp³-hybridized carbons (Fsp3) is 0.553. The molecule has 2 aromatic rings. The number of amides is 2. The van der Waals surface area contributed by atoms with Gasteiger partial charge in [-0.2, -0.15) is 0 Å². The number of likely N-dealkylation sites (tertiary alicyclic amines) is 1. The second kappa shape index (κ2) is 12.8. The first-order chi connectivity index (χ1) is 23.6. The molecule has 2 aliphatic carbocycles. The van der Waals surface area contributed by atoms with Crippen molar-refractivity contribution >= 4 is 44.7 Å². The summed E-state index contributed by atoms with van der Waals surface area (Å²) < 4.78 is 50.6. The average Bonchev–Trinajstić information content (AvgIpc) is 3.17. The Hall–Kier alpha value is -3.15. The molecule has 7 rings (SSSR count). The van der Waals surface area contributed by atoms with Crippen LogP contribution in [-0.4, -0.2) is 81.5 Å². The number of rotatable bonds is 2. The van der Waals surface area contributed by atoms with Crippen molar-refractivity contribution in [1.29, 1.82) is 0 Å². The lowest BCUT2D eigenvalue weighted by Gasteiger charge is -2.50. The third-order valence-electron chi connectivity index (χ3n) is 12.0. The standard InChI is InChI=1S/C38H46ClF2N3O5S/c1-24-6-4-15-37(47,18-34(45)44-21-38(40,41)22-44)31-11-8-28(31)19-43-20-36(14-5-7-26-16-29(39)10-12-30(26)36)23-49-33-13-9-27(17-32(33)43)35(46)42-50(3,48)25(24)2/h4,9-10,12-13,15-17,24-25,28,31,47H,3,5-8,11,14,18-23H2,1-2H3,(H,42,46,48)/b15-4+/t24-,25+,28-,31+,36-,37+,50?/m0/s1. The molecule has 2 aromatic carbocycles. The molecule has 1 saturated carbocycles. The number of aryl methyl sites for hydroxylation is 1. The third-order valence-corrected chi connectivity index (χ3v) is 14.5. The molecule has 1 spiro atoms. The number of nitrogens with zero attached hydrogens (tertiary/aromatic N) is 2. The van der Waals surface area contributed by atoms with Crippen molar-refractivity contribution in [2.24, 2.45) is 17.8 Å². The van der Waals surface area contributed by atoms with Crippen LogP contribution in [-0.2, 0) is 26.3 Å². The van der Waals surface area contributed by atoms with E-state index >= 15 is 0 Å². The van der Waals surface area contributed by atoms with Crippen LogP contribution in [0, 0.1) is 17.8 Å². The number of benzene rings is 2. The lowest BCUT2D eigenvalue weighted by atomic mass is 9.63. The topological polar surface area (TPSA) is 99.2 Å². The number of allylic oxidation sites excluding steroid dienone is 1. The molecule has 2 amide bonds. The molecule has 2 bridgehead atoms. The number of nitrogens with one attached hydrogen (secondary N) is 1. The van der Waals surface area contributed by atoms with E-state index in [4.69, 9.17) is 16.3 Å². The molecule has 3 aliphatic heterocycles. The molecule has 3 heterocycles. The summed E-state index contributed by atoms with van der Waals surface area (Å²) in [6.07, 6.45) is 7.81. The molecule has 2 N–H and O–H groups in total. The molecule has 8 nitrogen and oxygen atoms in total. The van der Waals surface area contributed by atoms with Crippen LogP contribution in [0.4, 0.5) is 14.5 Å². The van der Waals surface area contributed by atoms with E-state index in [2.05, 4.69) is 21.6 Å². The van der Waals surface area contributed by atoms with Gasteiger partial charge >= 0.3 is 0 Å². The largest absolute Gasteiger partial charge is 0.490 e. The first-order valence-corrected chi connectivity index (χ1v) is 19.8. The van der Waals surface area contributed by atoms with Gasteiger partial charge in [0.2, 0.25) is 5.91 Å². The minimum absolute atomic E-state index is 0.0353. The summed E-state index contributed by atoms with van der Waals surface area (Å²) in [6, 6.07) is 11.3. The van der Waals surface area contributed by atoms with Gasteiger partial charge in [-0.05, 0) is 111 Å². The number of hydrogen-bond acceptors (Lipinski definition) is 6. The maximum absolute atomic E-state index is 13.8. The summed E-state index contributed by atoms with van der Waals surface area (Å²) in [5.41, 5.74) is 1.50. The number of fused-ring (bicyclic) bond motifs is 4. The van der Waals surface area contributed by atoms with Gasteiger partial charge in [0.05, 0.1) is 47.1 Å². The highest BCUT2D eigenvalue weighted by Gasteiger charge is 2.52. The molecular formula is C38H46ClF2N3O5S. The van der Waals surface area contributed by atoms with Crippen molar-refractivity contribution < 1.29 is 32.4 Å². The number of alkyl halides is 2. The van der Waals surface area contributed by atoms with Gasteiger partial charge in [-0.1, -0.05) is 36.7 Å². The number of aliphatic hydroxyl groups is 1. The first-order valence-electron chi connectivity index (χ1n) is 17.6. The first kappa shape index (κ1) is 35.3. The van der Waals surface area contributed by atoms with E-state index in [-0.39, 0.29) is 29.6 Å². The van der Waals surface area contributed by atoms with Crippen molar-refractivity contribution in [3.05, 3.63) is 70.3 Å². The summed E-state index contributed by atoms with van der Waals surface area (Å²) in [4.78, 5) is 30.3. The molecule has 5 aliphatic rings. The molecular weight excluding hydrogens is 684 g/mol. The van der Waals surface area contributed by atoms with Crippen LogP contribution in [0.2, 0.25) is 5.02 Å². The highest BCUT2D eigenvalue weighted by molar-refractivity contribution is 7.99. The van der Waals surface area contributed by atoms with E-state index < -0.39 is 51.4 Å². The van der Waals surface area contributed by atoms with Gasteiger partial charge in [-0.25, -0.2) is 13.0 Å². The van der Waals surface area contributed by atoms with Crippen LogP contribution in [0.25, 0.3) is 0 Å². The van der Waals surface area contributed by atoms with Crippen molar-refractivity contribution in [2.75, 3.05) is 37.7 Å². The Morgan fingerprint density at radius 2 is 1.94 bits per heavy atom. The third kappa shape index (κ3) is 6.54. The summed E-state index contributed by atoms with van der Waals surface area (Å²) >= 11 is 6.43. The summed E-state index contributed by atoms with van der Waals surface area (Å²) in [5, 5.41) is 12.5. The van der Waals surface area contributed by atoms with Crippen molar-refractivity contribution in [3.63, 3.8) is 0 Å². The fourth-order valence-corrected chi connectivity index (χ4v) is 10.4. The predicted octanol–water partition coefficient (Wildman–Crippen LogP) is 5.78. The van der Waals surface area contributed by atoms with Gasteiger partial charge in [-0.3, -0.25) is 14.3 Å². The van der Waals surface area contributed by atoms with E-state index in [9.17, 15) is 27.7 Å². The normalized spacial score (nSPS) is 35.7. The van der Waals surface area contributed by atoms with Gasteiger partial charge in [0.1, 0.15) is 5.75 Å². The molecule has 270 valence electrons. The maximum Gasteiger partial charge on any atom is 0.282 e. The van der Waals surface area contributed by atoms with Crippen molar-refractivity contribution in [1.82, 2.24) is 9.62 Å². The monoisotopic (exact) mass is 729 g/mol. The summed E-state index contributed by atoms with van der Waals surface area (Å²) in [7, 11) is -3.09. The lowest BCUT2D eigenvalue weighted by Crippen LogP contribution is -2.60. The van der Waals surface area contributed by atoms with Crippen LogP contribution in [0.5, 0.6) is 5.75 Å². The smallest absolute Gasteiger partial charge is 0.282 e. The number of anilines is 1. The van der Waals surface area contributed by atoms with Gasteiger partial charge in [0.25, 0.3) is 11.8 Å². The molecule has 0 radical (unpaired) electrons. The number of hydrogen-bond donors (Lipinski definition) is 2. The highest BCUT2D eigenvalue weighted by Crippen LogP contribution is 2.49. The van der Waals surface area contributed by atoms with E-state index in [0.29, 0.717) is 48.9 Å². The van der Waals surface area contributed by atoms with Gasteiger partial charge in [-0.15, -0.1) is 0 Å². The second-order valence-electron chi connectivity index (χ2n) is 15.5. The maximum atomic E-state index is 13.8. The second-order valence-corrected chi connectivity index (χ2v) is 18.3. The number of carbonyl (C=O) groups excluding carboxylic acids is 2. The zero-order chi connectivity index (χ0) is 35.6. The molecule has 7 atom stereocenters. The Labute approximate surface area is 298 Å². The van der Waals surface area contributed by atoms with E-state index in [1.165, 1.54) is 11.1 Å². The highest BCUT2D eigenvalue weighted by atomic mass is 35.5. The fourth-order valence-electron chi connectivity index (χ4n) is 8.70. The van der Waals surface area contributed by atoms with Crippen LogP contribution < -0.4 is 14.4 Å². The zero-order valence-corrected chi connectivity index (χ0v) is 30.2. The molecule has 12 heteroatoms. The van der Waals surface area contributed by atoms with Gasteiger partial charge < -0.3 is 19.6 Å². The minimum Gasteiger partial charge on any atom is -0.490 e. The lowest BCUT2D eigenvalue weighted by molar-refractivity contribution is -0.171. The zero-order valence-electron chi connectivity index (χ0n) is 28.6. The Morgan fingerprint density at radius 3 is 2.66 bits per heavy atom. The molecule has 1 unspecified atom stereocenters. The Morgan fingerprint density at radius 1 is 1.16 bits per heavy atom. The Bertz CT molecular complexity index is 1830. The minimum atomic E-state index is -3.09. The Balaban J connectivity index is 1.29. The van der Waals surface area contributed by atoms with E-state index in [1.54, 1.807) is 37.3 Å². The quantitative estimate of drug-likeness (QED) is 0.301. The van der Waals surface area contributed by atoms with Gasteiger partial charge in [0.15, 0.2) is 0 Å². The van der Waals surface area contributed by atoms with Crippen molar-refractivity contribution in [2.45, 2.75) is 81.0 Å². The SMILES string of the molecule is C=S1(=O)NC(=O)c2ccc3c(c2)N(C[C@@H]2CC[C@H]2[C@](O)(CC(=O)N2CC(F)(F)C2)/C=C/C[C@H](C)[C@H]1C)C[C@@]1(CCCc2cc(Cl)ccc21)CO3. The summed E-state index contributed by atoms with van der Waals surface area (Å²) in [6.45, 7) is 3.92. The number of ether oxygens (including phenoxy) is 1. The van der Waals surface area contributed by atoms with E-state index in [1.807, 2.05) is 19.1 Å². The molecule has 50 heavy (non-hydrogen) atoms. The van der Waals surface area contributed by atoms with E-state index in [0.717, 1.165) is 36.3 Å². The summed E-state index contributed by atoms with van der Waals surface area (Å²) in [5.74, 6) is 0.126. The van der Waals surface area contributed by atoms with Crippen molar-refractivity contribution in [3.8, 4) is 5.75 Å².